The molecule has 2 rings (SSSR count). The average molecular weight is 268 g/mol. The summed E-state index contributed by atoms with van der Waals surface area (Å²) in [6, 6.07) is 5.89. The van der Waals surface area contributed by atoms with Gasteiger partial charge in [0.25, 0.3) is 0 Å². The van der Waals surface area contributed by atoms with Gasteiger partial charge >= 0.3 is 0 Å². The van der Waals surface area contributed by atoms with E-state index in [1.165, 1.54) is 12.1 Å². The number of rotatable bonds is 5. The summed E-state index contributed by atoms with van der Waals surface area (Å²) in [5.74, 6) is 0.287. The van der Waals surface area contributed by atoms with Crippen LogP contribution in [0.2, 0.25) is 0 Å². The van der Waals surface area contributed by atoms with E-state index < -0.39 is 6.10 Å². The molecule has 0 amide bonds. The van der Waals surface area contributed by atoms with E-state index in [2.05, 4.69) is 10.2 Å². The summed E-state index contributed by atoms with van der Waals surface area (Å²) in [7, 11) is 0. The maximum atomic E-state index is 12.7. The zero-order chi connectivity index (χ0) is 13.7. The van der Waals surface area contributed by atoms with Crippen LogP contribution in [0.5, 0.6) is 5.75 Å². The number of halogens is 1. The molecule has 0 aliphatic carbocycles. The van der Waals surface area contributed by atoms with Gasteiger partial charge in [-0.25, -0.2) is 4.39 Å². The van der Waals surface area contributed by atoms with Gasteiger partial charge in [-0.2, -0.15) is 0 Å². The lowest BCUT2D eigenvalue weighted by atomic mass is 10.1. The molecule has 2 unspecified atom stereocenters. The van der Waals surface area contributed by atoms with Crippen molar-refractivity contribution in [3.8, 4) is 5.75 Å². The zero-order valence-corrected chi connectivity index (χ0v) is 11.2. The predicted molar refractivity (Wildman–Crippen MR) is 71.8 cm³/mol. The number of piperazine rings is 1. The SMILES string of the molecule is CC(C(O)COc1ccc(F)cc1)N1CCNCC1. The van der Waals surface area contributed by atoms with E-state index in [1.54, 1.807) is 12.1 Å². The number of aliphatic hydroxyl groups is 1. The summed E-state index contributed by atoms with van der Waals surface area (Å²) in [4.78, 5) is 2.25. The van der Waals surface area contributed by atoms with Crippen molar-refractivity contribution in [3.05, 3.63) is 30.1 Å². The molecule has 1 heterocycles. The van der Waals surface area contributed by atoms with E-state index in [0.717, 1.165) is 26.2 Å². The first-order valence-electron chi connectivity index (χ1n) is 6.68. The first-order valence-corrected chi connectivity index (χ1v) is 6.68. The highest BCUT2D eigenvalue weighted by Gasteiger charge is 2.23. The molecule has 106 valence electrons. The number of nitrogens with zero attached hydrogens (tertiary/aromatic N) is 1. The van der Waals surface area contributed by atoms with Gasteiger partial charge in [0.2, 0.25) is 0 Å². The van der Waals surface area contributed by atoms with Gasteiger partial charge in [-0.05, 0) is 31.2 Å². The van der Waals surface area contributed by atoms with E-state index >= 15 is 0 Å². The first-order chi connectivity index (χ1) is 9.16. The van der Waals surface area contributed by atoms with E-state index in [0.29, 0.717) is 5.75 Å². The molecule has 4 nitrogen and oxygen atoms in total. The fourth-order valence-electron chi connectivity index (χ4n) is 2.18. The van der Waals surface area contributed by atoms with Crippen molar-refractivity contribution in [2.24, 2.45) is 0 Å². The minimum Gasteiger partial charge on any atom is -0.491 e. The smallest absolute Gasteiger partial charge is 0.123 e. The molecule has 2 N–H and O–H groups in total. The van der Waals surface area contributed by atoms with Crippen LogP contribution in [0.15, 0.2) is 24.3 Å². The molecule has 1 aromatic rings. The number of hydrogen-bond donors (Lipinski definition) is 2. The van der Waals surface area contributed by atoms with Crippen molar-refractivity contribution < 1.29 is 14.2 Å². The second-order valence-electron chi connectivity index (χ2n) is 4.86. The Morgan fingerprint density at radius 2 is 1.95 bits per heavy atom. The normalized spacial score (nSPS) is 19.9. The van der Waals surface area contributed by atoms with E-state index in [-0.39, 0.29) is 18.5 Å². The number of benzene rings is 1. The van der Waals surface area contributed by atoms with Gasteiger partial charge in [0.15, 0.2) is 0 Å². The molecule has 1 aliphatic heterocycles. The molecule has 2 atom stereocenters. The third-order valence-corrected chi connectivity index (χ3v) is 3.52. The Kier molecular flexibility index (Phi) is 5.13. The predicted octanol–water partition coefficient (Wildman–Crippen LogP) is 0.859. The average Bonchev–Trinajstić information content (AvgIpc) is 2.46. The number of aliphatic hydroxyl groups excluding tert-OH is 1. The lowest BCUT2D eigenvalue weighted by molar-refractivity contribution is 0.0209. The lowest BCUT2D eigenvalue weighted by Crippen LogP contribution is -2.52. The molecule has 0 spiro atoms. The van der Waals surface area contributed by atoms with Crippen LogP contribution in [-0.2, 0) is 0 Å². The fourth-order valence-corrected chi connectivity index (χ4v) is 2.18. The van der Waals surface area contributed by atoms with Crippen LogP contribution >= 0.6 is 0 Å². The number of nitrogens with one attached hydrogen (secondary N) is 1. The Labute approximate surface area is 113 Å². The first kappa shape index (κ1) is 14.2. The topological polar surface area (TPSA) is 44.7 Å². The van der Waals surface area contributed by atoms with Crippen molar-refractivity contribution in [2.45, 2.75) is 19.1 Å². The number of ether oxygens (including phenoxy) is 1. The highest BCUT2D eigenvalue weighted by atomic mass is 19.1. The molecule has 0 radical (unpaired) electrons. The van der Waals surface area contributed by atoms with Crippen molar-refractivity contribution in [3.63, 3.8) is 0 Å². The molecular weight excluding hydrogens is 247 g/mol. The second kappa shape index (κ2) is 6.84. The van der Waals surface area contributed by atoms with Gasteiger partial charge in [0, 0.05) is 32.2 Å². The van der Waals surface area contributed by atoms with Gasteiger partial charge in [0.1, 0.15) is 24.3 Å². The number of hydrogen-bond acceptors (Lipinski definition) is 4. The van der Waals surface area contributed by atoms with Crippen molar-refractivity contribution in [1.82, 2.24) is 10.2 Å². The van der Waals surface area contributed by atoms with Crippen molar-refractivity contribution in [2.75, 3.05) is 32.8 Å². The quantitative estimate of drug-likeness (QED) is 0.831. The van der Waals surface area contributed by atoms with Gasteiger partial charge in [0.05, 0.1) is 0 Å². The molecule has 1 saturated heterocycles. The van der Waals surface area contributed by atoms with Gasteiger partial charge in [-0.3, -0.25) is 4.90 Å². The zero-order valence-electron chi connectivity index (χ0n) is 11.2. The summed E-state index contributed by atoms with van der Waals surface area (Å²) in [5, 5.41) is 13.4. The maximum Gasteiger partial charge on any atom is 0.123 e. The molecule has 1 aliphatic rings. The van der Waals surface area contributed by atoms with Crippen LogP contribution in [0.4, 0.5) is 4.39 Å². The van der Waals surface area contributed by atoms with Crippen LogP contribution in [-0.4, -0.2) is 54.9 Å². The van der Waals surface area contributed by atoms with Crippen LogP contribution in [0.3, 0.4) is 0 Å². The second-order valence-corrected chi connectivity index (χ2v) is 4.86. The summed E-state index contributed by atoms with van der Waals surface area (Å²) < 4.78 is 18.2. The van der Waals surface area contributed by atoms with Crippen LogP contribution in [0.1, 0.15) is 6.92 Å². The molecular formula is C14H21FN2O2. The summed E-state index contributed by atoms with van der Waals surface area (Å²) >= 11 is 0. The molecule has 0 saturated carbocycles. The van der Waals surface area contributed by atoms with Crippen molar-refractivity contribution >= 4 is 0 Å². The highest BCUT2D eigenvalue weighted by Crippen LogP contribution is 2.13. The third kappa shape index (κ3) is 4.16. The summed E-state index contributed by atoms with van der Waals surface area (Å²) in [6.07, 6.45) is -0.553. The Morgan fingerprint density at radius 1 is 1.32 bits per heavy atom. The van der Waals surface area contributed by atoms with Gasteiger partial charge < -0.3 is 15.2 Å². The minimum atomic E-state index is -0.553. The summed E-state index contributed by atoms with van der Waals surface area (Å²) in [6.45, 7) is 6.01. The Bertz CT molecular complexity index is 380. The fraction of sp³-hybridized carbons (Fsp3) is 0.571. The highest BCUT2D eigenvalue weighted by molar-refractivity contribution is 5.22. The standard InChI is InChI=1S/C14H21FN2O2/c1-11(17-8-6-16-7-9-17)14(18)10-19-13-4-2-12(15)3-5-13/h2-5,11,14,16,18H,6-10H2,1H3. The molecule has 19 heavy (non-hydrogen) atoms. The van der Waals surface area contributed by atoms with E-state index in [4.69, 9.17) is 4.74 Å². The van der Waals surface area contributed by atoms with Gasteiger partial charge in [-0.1, -0.05) is 0 Å². The molecule has 0 aromatic heterocycles. The third-order valence-electron chi connectivity index (χ3n) is 3.52. The van der Waals surface area contributed by atoms with Crippen LogP contribution in [0.25, 0.3) is 0 Å². The Morgan fingerprint density at radius 3 is 2.58 bits per heavy atom. The van der Waals surface area contributed by atoms with Crippen LogP contribution in [0, 0.1) is 5.82 Å². The maximum absolute atomic E-state index is 12.7. The molecule has 1 fully saturated rings. The Hall–Kier alpha value is -1.17. The summed E-state index contributed by atoms with van der Waals surface area (Å²) in [5.41, 5.74) is 0. The van der Waals surface area contributed by atoms with E-state index in [1.807, 2.05) is 6.92 Å². The molecule has 5 heteroatoms. The van der Waals surface area contributed by atoms with Crippen molar-refractivity contribution in [1.29, 1.82) is 0 Å². The minimum absolute atomic E-state index is 0.0579. The van der Waals surface area contributed by atoms with Crippen LogP contribution < -0.4 is 10.1 Å². The van der Waals surface area contributed by atoms with E-state index in [9.17, 15) is 9.50 Å². The Balaban J connectivity index is 1.79. The molecule has 1 aromatic carbocycles. The lowest BCUT2D eigenvalue weighted by Gasteiger charge is -2.35. The van der Waals surface area contributed by atoms with Gasteiger partial charge in [-0.15, -0.1) is 0 Å². The molecule has 0 bridgehead atoms. The largest absolute Gasteiger partial charge is 0.491 e. The monoisotopic (exact) mass is 268 g/mol.